The zero-order valence-electron chi connectivity index (χ0n) is 5.65. The molecule has 11 heavy (non-hydrogen) atoms. The fourth-order valence-electron chi connectivity index (χ4n) is 0.524. The second-order valence-electron chi connectivity index (χ2n) is 1.75. The van der Waals surface area contributed by atoms with Crippen molar-refractivity contribution < 1.29 is 9.21 Å². The highest BCUT2D eigenvalue weighted by Gasteiger charge is 1.88. The zero-order chi connectivity index (χ0) is 8.10. The normalized spacial score (nSPS) is 10.2. The Morgan fingerprint density at radius 1 is 1.82 bits per heavy atom. The smallest absolute Gasteiger partial charge is 0.332 e. The van der Waals surface area contributed by atoms with Gasteiger partial charge in [0.1, 0.15) is 5.76 Å². The lowest BCUT2D eigenvalue weighted by Crippen LogP contribution is -2.24. The summed E-state index contributed by atoms with van der Waals surface area (Å²) in [5.74, 6) is 0.554. The molecule has 0 radical (unpaired) electrons. The van der Waals surface area contributed by atoms with Gasteiger partial charge in [0.2, 0.25) is 0 Å². The molecule has 1 aromatic rings. The van der Waals surface area contributed by atoms with Crippen LogP contribution in [0, 0.1) is 0 Å². The predicted molar refractivity (Wildman–Crippen MR) is 39.0 cm³/mol. The Balaban J connectivity index is 2.43. The van der Waals surface area contributed by atoms with Crippen LogP contribution in [0.25, 0.3) is 0 Å². The number of carbonyl (C=O) groups excluding carboxylic acids is 1. The number of nitrogens with one attached hydrogen (secondary N) is 1. The van der Waals surface area contributed by atoms with Crippen LogP contribution in [0.2, 0.25) is 0 Å². The Hall–Kier alpha value is -1.78. The van der Waals surface area contributed by atoms with Gasteiger partial charge in [0.25, 0.3) is 0 Å². The van der Waals surface area contributed by atoms with Crippen LogP contribution in [0.3, 0.4) is 0 Å². The van der Waals surface area contributed by atoms with Crippen molar-refractivity contribution in [1.29, 1.82) is 0 Å². The van der Waals surface area contributed by atoms with Crippen LogP contribution in [0.1, 0.15) is 5.76 Å². The summed E-state index contributed by atoms with van der Waals surface area (Å²) in [6, 6.07) is 2.71. The van der Waals surface area contributed by atoms with Crippen molar-refractivity contribution in [3.63, 3.8) is 0 Å². The van der Waals surface area contributed by atoms with Crippen LogP contribution in [0.15, 0.2) is 27.9 Å². The second-order valence-corrected chi connectivity index (χ2v) is 1.75. The molecule has 5 heteroatoms. The molecule has 0 saturated heterocycles. The Morgan fingerprint density at radius 3 is 3.18 bits per heavy atom. The summed E-state index contributed by atoms with van der Waals surface area (Å²) in [4.78, 5) is 10.1. The number of hydrogen-bond acceptors (Lipinski definition) is 3. The molecule has 0 aromatic carbocycles. The van der Waals surface area contributed by atoms with Crippen LogP contribution in [0.4, 0.5) is 4.79 Å². The van der Waals surface area contributed by atoms with Crippen molar-refractivity contribution in [3.8, 4) is 0 Å². The van der Waals surface area contributed by atoms with Gasteiger partial charge >= 0.3 is 6.03 Å². The number of primary amides is 1. The highest BCUT2D eigenvalue weighted by molar-refractivity contribution is 5.78. The van der Waals surface area contributed by atoms with E-state index in [9.17, 15) is 4.79 Å². The van der Waals surface area contributed by atoms with E-state index in [4.69, 9.17) is 10.2 Å². The van der Waals surface area contributed by atoms with Gasteiger partial charge in [0, 0.05) is 0 Å². The van der Waals surface area contributed by atoms with E-state index in [0.29, 0.717) is 5.76 Å². The first kappa shape index (κ1) is 7.33. The minimum absolute atomic E-state index is 0.554. The summed E-state index contributed by atoms with van der Waals surface area (Å²) in [5.41, 5.74) is 6.77. The average Bonchev–Trinajstić information content (AvgIpc) is 2.39. The van der Waals surface area contributed by atoms with Crippen LogP contribution < -0.4 is 11.2 Å². The van der Waals surface area contributed by atoms with Crippen molar-refractivity contribution in [2.24, 2.45) is 10.8 Å². The fraction of sp³-hybridized carbons (Fsp3) is 0. The van der Waals surface area contributed by atoms with Gasteiger partial charge in [-0.2, -0.15) is 5.10 Å². The van der Waals surface area contributed by atoms with E-state index in [1.54, 1.807) is 12.1 Å². The highest BCUT2D eigenvalue weighted by atomic mass is 16.3. The van der Waals surface area contributed by atoms with Crippen LogP contribution in [-0.2, 0) is 0 Å². The van der Waals surface area contributed by atoms with Crippen LogP contribution >= 0.6 is 0 Å². The number of furan rings is 1. The maximum atomic E-state index is 10.1. The van der Waals surface area contributed by atoms with E-state index in [2.05, 4.69) is 5.10 Å². The molecule has 1 heterocycles. The van der Waals surface area contributed by atoms with E-state index in [-0.39, 0.29) is 0 Å². The topological polar surface area (TPSA) is 80.6 Å². The molecule has 0 saturated carbocycles. The van der Waals surface area contributed by atoms with Gasteiger partial charge in [-0.25, -0.2) is 10.2 Å². The molecular formula is C6H7N3O2. The molecule has 2 amide bonds. The van der Waals surface area contributed by atoms with Gasteiger partial charge in [-0.3, -0.25) is 0 Å². The van der Waals surface area contributed by atoms with Crippen molar-refractivity contribution in [2.45, 2.75) is 0 Å². The maximum Gasteiger partial charge on any atom is 0.332 e. The molecule has 0 fully saturated rings. The van der Waals surface area contributed by atoms with Crippen LogP contribution in [-0.4, -0.2) is 12.2 Å². The Morgan fingerprint density at radius 2 is 2.64 bits per heavy atom. The van der Waals surface area contributed by atoms with Crippen molar-refractivity contribution in [3.05, 3.63) is 24.2 Å². The number of hydrogen-bond donors (Lipinski definition) is 2. The first-order valence-electron chi connectivity index (χ1n) is 2.91. The molecule has 0 spiro atoms. The Labute approximate surface area is 62.9 Å². The van der Waals surface area contributed by atoms with Gasteiger partial charge in [-0.15, -0.1) is 0 Å². The van der Waals surface area contributed by atoms with Crippen molar-refractivity contribution in [1.82, 2.24) is 5.43 Å². The number of hydrazone groups is 1. The third-order valence-electron chi connectivity index (χ3n) is 0.910. The molecule has 1 rings (SSSR count). The zero-order valence-corrected chi connectivity index (χ0v) is 5.65. The van der Waals surface area contributed by atoms with E-state index in [1.165, 1.54) is 12.5 Å². The fourth-order valence-corrected chi connectivity index (χ4v) is 0.524. The molecule has 0 bridgehead atoms. The third kappa shape index (κ3) is 2.53. The molecule has 0 aliphatic rings. The predicted octanol–water partition coefficient (Wildman–Crippen LogP) is 0.282. The first-order valence-corrected chi connectivity index (χ1v) is 2.91. The molecular weight excluding hydrogens is 146 g/mol. The Bertz CT molecular complexity index is 253. The van der Waals surface area contributed by atoms with E-state index in [0.717, 1.165) is 0 Å². The monoisotopic (exact) mass is 153 g/mol. The summed E-state index contributed by atoms with van der Waals surface area (Å²) >= 11 is 0. The lowest BCUT2D eigenvalue weighted by molar-refractivity contribution is 0.249. The summed E-state index contributed by atoms with van der Waals surface area (Å²) < 4.78 is 4.87. The quantitative estimate of drug-likeness (QED) is 0.472. The molecule has 1 aromatic heterocycles. The standard InChI is InChI=1S/C6H7N3O2/c7-6(10)9-8-4-5-2-1-3-11-5/h1-4H,(H3,7,9,10)/b8-4+. The third-order valence-corrected chi connectivity index (χ3v) is 0.910. The van der Waals surface area contributed by atoms with E-state index < -0.39 is 6.03 Å². The summed E-state index contributed by atoms with van der Waals surface area (Å²) in [7, 11) is 0. The summed E-state index contributed by atoms with van der Waals surface area (Å²) in [6.07, 6.45) is 2.86. The summed E-state index contributed by atoms with van der Waals surface area (Å²) in [5, 5.41) is 3.47. The molecule has 58 valence electrons. The minimum atomic E-state index is -0.701. The van der Waals surface area contributed by atoms with Crippen LogP contribution in [0.5, 0.6) is 0 Å². The number of nitrogens with zero attached hydrogens (tertiary/aromatic N) is 1. The summed E-state index contributed by atoms with van der Waals surface area (Å²) in [6.45, 7) is 0. The van der Waals surface area contributed by atoms with Crippen molar-refractivity contribution >= 4 is 12.2 Å². The SMILES string of the molecule is NC(=O)N/N=C/c1ccco1. The first-order chi connectivity index (χ1) is 5.29. The van der Waals surface area contributed by atoms with Crippen molar-refractivity contribution in [2.75, 3.05) is 0 Å². The lowest BCUT2D eigenvalue weighted by atomic mass is 10.5. The van der Waals surface area contributed by atoms with E-state index in [1.807, 2.05) is 5.43 Å². The highest BCUT2D eigenvalue weighted by Crippen LogP contribution is 1.93. The molecule has 5 nitrogen and oxygen atoms in total. The molecule has 0 unspecified atom stereocenters. The number of urea groups is 1. The maximum absolute atomic E-state index is 10.1. The van der Waals surface area contributed by atoms with Gasteiger partial charge in [0.15, 0.2) is 0 Å². The van der Waals surface area contributed by atoms with Gasteiger partial charge < -0.3 is 10.2 Å². The molecule has 3 N–H and O–H groups in total. The lowest BCUT2D eigenvalue weighted by Gasteiger charge is -1.87. The van der Waals surface area contributed by atoms with Gasteiger partial charge in [-0.1, -0.05) is 0 Å². The number of nitrogens with two attached hydrogens (primary N) is 1. The minimum Gasteiger partial charge on any atom is -0.463 e. The van der Waals surface area contributed by atoms with Gasteiger partial charge in [-0.05, 0) is 12.1 Å². The van der Waals surface area contributed by atoms with Gasteiger partial charge in [0.05, 0.1) is 12.5 Å². The molecule has 0 atom stereocenters. The number of rotatable bonds is 2. The molecule has 0 aliphatic carbocycles. The second kappa shape index (κ2) is 3.40. The average molecular weight is 153 g/mol. The molecule has 0 aliphatic heterocycles. The number of carbonyl (C=O) groups is 1. The van der Waals surface area contributed by atoms with E-state index >= 15 is 0 Å². The Kier molecular flexibility index (Phi) is 2.27. The number of amides is 2. The largest absolute Gasteiger partial charge is 0.463 e.